The van der Waals surface area contributed by atoms with Crippen LogP contribution in [-0.2, 0) is 11.3 Å². The molecular formula is C15H14O3. The Balaban J connectivity index is 2.07. The highest BCUT2D eigenvalue weighted by Crippen LogP contribution is 2.20. The Morgan fingerprint density at radius 3 is 2.56 bits per heavy atom. The fourth-order valence-electron chi connectivity index (χ4n) is 1.65. The van der Waals surface area contributed by atoms with Gasteiger partial charge in [0, 0.05) is 5.56 Å². The van der Waals surface area contributed by atoms with E-state index in [1.165, 1.54) is 0 Å². The van der Waals surface area contributed by atoms with Gasteiger partial charge in [-0.15, -0.1) is 0 Å². The summed E-state index contributed by atoms with van der Waals surface area (Å²) in [4.78, 5) is 11.9. The van der Waals surface area contributed by atoms with Crippen LogP contribution in [0.1, 0.15) is 21.5 Å². The van der Waals surface area contributed by atoms with E-state index in [9.17, 15) is 9.90 Å². The monoisotopic (exact) mass is 242 g/mol. The van der Waals surface area contributed by atoms with Crippen LogP contribution in [0.15, 0.2) is 48.5 Å². The molecule has 0 aliphatic rings. The molecule has 0 saturated heterocycles. The van der Waals surface area contributed by atoms with Gasteiger partial charge in [-0.3, -0.25) is 0 Å². The van der Waals surface area contributed by atoms with Gasteiger partial charge in [-0.25, -0.2) is 4.79 Å². The molecule has 0 aliphatic carbocycles. The van der Waals surface area contributed by atoms with Crippen LogP contribution in [0.5, 0.6) is 5.75 Å². The summed E-state index contributed by atoms with van der Waals surface area (Å²) < 4.78 is 5.20. The molecule has 2 rings (SSSR count). The van der Waals surface area contributed by atoms with Gasteiger partial charge in [0.15, 0.2) is 0 Å². The van der Waals surface area contributed by atoms with E-state index in [0.717, 1.165) is 5.56 Å². The number of aromatic hydroxyl groups is 1. The molecular weight excluding hydrogens is 228 g/mol. The van der Waals surface area contributed by atoms with Crippen molar-refractivity contribution in [1.82, 2.24) is 0 Å². The Hall–Kier alpha value is -2.29. The summed E-state index contributed by atoms with van der Waals surface area (Å²) in [5.41, 5.74) is 1.87. The van der Waals surface area contributed by atoms with E-state index in [4.69, 9.17) is 4.74 Å². The molecule has 2 aromatic rings. The Kier molecular flexibility index (Phi) is 3.63. The molecule has 2 aromatic carbocycles. The fraction of sp³-hybridized carbons (Fsp3) is 0.133. The number of phenols is 1. The maximum Gasteiger partial charge on any atom is 0.338 e. The van der Waals surface area contributed by atoms with Crippen molar-refractivity contribution in [1.29, 1.82) is 0 Å². The minimum absolute atomic E-state index is 0.101. The molecule has 0 spiro atoms. The predicted octanol–water partition coefficient (Wildman–Crippen LogP) is 3.06. The molecule has 0 radical (unpaired) electrons. The van der Waals surface area contributed by atoms with E-state index in [1.807, 2.05) is 30.3 Å². The highest BCUT2D eigenvalue weighted by atomic mass is 16.5. The first-order valence-corrected chi connectivity index (χ1v) is 5.68. The number of phenolic OH excluding ortho intramolecular Hbond substituents is 1. The van der Waals surface area contributed by atoms with Gasteiger partial charge in [0.2, 0.25) is 0 Å². The van der Waals surface area contributed by atoms with Crippen molar-refractivity contribution in [3.05, 3.63) is 65.2 Å². The number of rotatable bonds is 3. The second-order valence-corrected chi connectivity index (χ2v) is 4.01. The normalized spacial score (nSPS) is 10.1. The molecule has 0 aliphatic heterocycles. The Morgan fingerprint density at radius 1 is 1.11 bits per heavy atom. The molecule has 3 heteroatoms. The van der Waals surface area contributed by atoms with Crippen LogP contribution in [0.4, 0.5) is 0 Å². The van der Waals surface area contributed by atoms with Crippen molar-refractivity contribution in [3.63, 3.8) is 0 Å². The Bertz CT molecular complexity index is 547. The van der Waals surface area contributed by atoms with Crippen molar-refractivity contribution >= 4 is 5.97 Å². The standard InChI is InChI=1S/C15H14O3/c1-11-13(8-5-9-14(11)16)15(17)18-10-12-6-3-2-4-7-12/h2-9,16H,10H2,1H3. The van der Waals surface area contributed by atoms with Crippen molar-refractivity contribution < 1.29 is 14.6 Å². The summed E-state index contributed by atoms with van der Waals surface area (Å²) in [5.74, 6) is -0.323. The van der Waals surface area contributed by atoms with Crippen molar-refractivity contribution in [2.24, 2.45) is 0 Å². The van der Waals surface area contributed by atoms with Gasteiger partial charge in [-0.05, 0) is 24.6 Å². The van der Waals surface area contributed by atoms with Crippen LogP contribution in [0.3, 0.4) is 0 Å². The van der Waals surface area contributed by atoms with E-state index in [-0.39, 0.29) is 12.4 Å². The van der Waals surface area contributed by atoms with Crippen LogP contribution >= 0.6 is 0 Å². The third-order valence-electron chi connectivity index (χ3n) is 2.74. The highest BCUT2D eigenvalue weighted by molar-refractivity contribution is 5.91. The van der Waals surface area contributed by atoms with Crippen molar-refractivity contribution in [2.75, 3.05) is 0 Å². The molecule has 0 fully saturated rings. The first-order chi connectivity index (χ1) is 8.68. The second kappa shape index (κ2) is 5.36. The summed E-state index contributed by atoms with van der Waals surface area (Å²) >= 11 is 0. The van der Waals surface area contributed by atoms with Gasteiger partial charge in [0.1, 0.15) is 12.4 Å². The summed E-state index contributed by atoms with van der Waals surface area (Å²) in [6.07, 6.45) is 0. The Morgan fingerprint density at radius 2 is 1.83 bits per heavy atom. The SMILES string of the molecule is Cc1c(O)cccc1C(=O)OCc1ccccc1. The molecule has 0 saturated carbocycles. The predicted molar refractivity (Wildman–Crippen MR) is 68.4 cm³/mol. The summed E-state index contributed by atoms with van der Waals surface area (Å²) in [6.45, 7) is 1.92. The minimum Gasteiger partial charge on any atom is -0.508 e. The number of hydrogen-bond donors (Lipinski definition) is 1. The largest absolute Gasteiger partial charge is 0.508 e. The van der Waals surface area contributed by atoms with Gasteiger partial charge in [0.25, 0.3) is 0 Å². The topological polar surface area (TPSA) is 46.5 Å². The van der Waals surface area contributed by atoms with E-state index in [1.54, 1.807) is 25.1 Å². The van der Waals surface area contributed by atoms with Crippen molar-refractivity contribution in [3.8, 4) is 5.75 Å². The number of ether oxygens (including phenoxy) is 1. The van der Waals surface area contributed by atoms with Gasteiger partial charge in [-0.1, -0.05) is 36.4 Å². The van der Waals surface area contributed by atoms with E-state index < -0.39 is 5.97 Å². The van der Waals surface area contributed by atoms with Gasteiger partial charge in [-0.2, -0.15) is 0 Å². The van der Waals surface area contributed by atoms with E-state index in [0.29, 0.717) is 11.1 Å². The molecule has 1 N–H and O–H groups in total. The molecule has 18 heavy (non-hydrogen) atoms. The maximum absolute atomic E-state index is 11.9. The molecule has 0 atom stereocenters. The zero-order valence-electron chi connectivity index (χ0n) is 10.1. The molecule has 0 bridgehead atoms. The van der Waals surface area contributed by atoms with Gasteiger partial charge >= 0.3 is 5.97 Å². The Labute approximate surface area is 106 Å². The van der Waals surface area contributed by atoms with Crippen LogP contribution in [0, 0.1) is 6.92 Å². The average molecular weight is 242 g/mol. The zero-order valence-corrected chi connectivity index (χ0v) is 10.1. The van der Waals surface area contributed by atoms with Crippen LogP contribution in [0.2, 0.25) is 0 Å². The van der Waals surface area contributed by atoms with Crippen LogP contribution in [0.25, 0.3) is 0 Å². The zero-order chi connectivity index (χ0) is 13.0. The number of esters is 1. The fourth-order valence-corrected chi connectivity index (χ4v) is 1.65. The van der Waals surface area contributed by atoms with E-state index >= 15 is 0 Å². The lowest BCUT2D eigenvalue weighted by atomic mass is 10.1. The van der Waals surface area contributed by atoms with Crippen LogP contribution < -0.4 is 0 Å². The number of benzene rings is 2. The van der Waals surface area contributed by atoms with Gasteiger partial charge < -0.3 is 9.84 Å². The summed E-state index contributed by atoms with van der Waals surface area (Å²) in [6, 6.07) is 14.3. The van der Waals surface area contributed by atoms with Gasteiger partial charge in [0.05, 0.1) is 5.56 Å². The highest BCUT2D eigenvalue weighted by Gasteiger charge is 2.12. The maximum atomic E-state index is 11.9. The third kappa shape index (κ3) is 2.69. The van der Waals surface area contributed by atoms with Crippen LogP contribution in [-0.4, -0.2) is 11.1 Å². The van der Waals surface area contributed by atoms with Crippen molar-refractivity contribution in [2.45, 2.75) is 13.5 Å². The molecule has 0 heterocycles. The minimum atomic E-state index is -0.424. The lowest BCUT2D eigenvalue weighted by Crippen LogP contribution is -2.07. The smallest absolute Gasteiger partial charge is 0.338 e. The number of carbonyl (C=O) groups is 1. The molecule has 92 valence electrons. The first-order valence-electron chi connectivity index (χ1n) is 5.68. The second-order valence-electron chi connectivity index (χ2n) is 4.01. The summed E-state index contributed by atoms with van der Waals surface area (Å²) in [7, 11) is 0. The van der Waals surface area contributed by atoms with E-state index in [2.05, 4.69) is 0 Å². The average Bonchev–Trinajstić information content (AvgIpc) is 2.40. The molecule has 3 nitrogen and oxygen atoms in total. The quantitative estimate of drug-likeness (QED) is 0.841. The number of hydrogen-bond acceptors (Lipinski definition) is 3. The molecule has 0 unspecified atom stereocenters. The lowest BCUT2D eigenvalue weighted by molar-refractivity contribution is 0.0471. The molecule has 0 aromatic heterocycles. The third-order valence-corrected chi connectivity index (χ3v) is 2.74. The lowest BCUT2D eigenvalue weighted by Gasteiger charge is -2.08. The molecule has 0 amide bonds. The first kappa shape index (κ1) is 12.2. The summed E-state index contributed by atoms with van der Waals surface area (Å²) in [5, 5.41) is 9.53. The number of carbonyl (C=O) groups excluding carboxylic acids is 1.